The average molecular weight is 287 g/mol. The van der Waals surface area contributed by atoms with Crippen molar-refractivity contribution in [1.82, 2.24) is 9.97 Å². The Labute approximate surface area is 125 Å². The zero-order valence-electron chi connectivity index (χ0n) is 12.7. The molecule has 0 bridgehead atoms. The molecule has 0 spiro atoms. The van der Waals surface area contributed by atoms with Crippen LogP contribution in [0.4, 0.5) is 5.95 Å². The quantitative estimate of drug-likeness (QED) is 0.848. The van der Waals surface area contributed by atoms with Crippen molar-refractivity contribution >= 4 is 5.95 Å². The third kappa shape index (κ3) is 4.63. The number of rotatable bonds is 7. The first-order valence-electron chi connectivity index (χ1n) is 7.00. The van der Waals surface area contributed by atoms with Gasteiger partial charge in [0.25, 0.3) is 0 Å². The fourth-order valence-corrected chi connectivity index (χ4v) is 1.76. The molecule has 2 aromatic rings. The van der Waals surface area contributed by atoms with E-state index in [4.69, 9.17) is 9.47 Å². The van der Waals surface area contributed by atoms with Crippen LogP contribution in [0.2, 0.25) is 0 Å². The number of methoxy groups -OCH3 is 1. The molecule has 0 unspecified atom stereocenters. The molecule has 1 N–H and O–H groups in total. The van der Waals surface area contributed by atoms with E-state index in [2.05, 4.69) is 29.1 Å². The Morgan fingerprint density at radius 1 is 1.19 bits per heavy atom. The molecule has 0 aliphatic rings. The second kappa shape index (κ2) is 7.47. The van der Waals surface area contributed by atoms with Crippen LogP contribution in [0.25, 0.3) is 0 Å². The molecule has 5 heteroatoms. The molecule has 1 aromatic carbocycles. The van der Waals surface area contributed by atoms with Crippen molar-refractivity contribution in [2.45, 2.75) is 20.4 Å². The van der Waals surface area contributed by atoms with Crippen LogP contribution < -0.4 is 14.8 Å². The maximum atomic E-state index is 5.83. The van der Waals surface area contributed by atoms with E-state index in [0.29, 0.717) is 30.9 Å². The van der Waals surface area contributed by atoms with E-state index in [1.54, 1.807) is 19.4 Å². The summed E-state index contributed by atoms with van der Waals surface area (Å²) in [5.74, 6) is 2.46. The highest BCUT2D eigenvalue weighted by Crippen LogP contribution is 2.20. The minimum atomic E-state index is 0.493. The SMILES string of the molecule is COc1ccnc(NCc2ccccc2OCC(C)C)n1. The fourth-order valence-electron chi connectivity index (χ4n) is 1.76. The summed E-state index contributed by atoms with van der Waals surface area (Å²) in [5, 5.41) is 3.18. The van der Waals surface area contributed by atoms with Gasteiger partial charge in [-0.15, -0.1) is 0 Å². The molecule has 1 aromatic heterocycles. The third-order valence-corrected chi connectivity index (χ3v) is 2.82. The Morgan fingerprint density at radius 3 is 2.76 bits per heavy atom. The van der Waals surface area contributed by atoms with Crippen molar-refractivity contribution in [3.8, 4) is 11.6 Å². The zero-order valence-corrected chi connectivity index (χ0v) is 12.7. The lowest BCUT2D eigenvalue weighted by atomic mass is 10.2. The van der Waals surface area contributed by atoms with Gasteiger partial charge in [-0.3, -0.25) is 0 Å². The first-order valence-corrected chi connectivity index (χ1v) is 7.00. The fraction of sp³-hybridized carbons (Fsp3) is 0.375. The van der Waals surface area contributed by atoms with Gasteiger partial charge in [0.1, 0.15) is 5.75 Å². The number of para-hydroxylation sites is 1. The van der Waals surface area contributed by atoms with Crippen LogP contribution in [0.5, 0.6) is 11.6 Å². The largest absolute Gasteiger partial charge is 0.493 e. The summed E-state index contributed by atoms with van der Waals surface area (Å²) in [6.45, 7) is 5.56. The van der Waals surface area contributed by atoms with Crippen molar-refractivity contribution < 1.29 is 9.47 Å². The Morgan fingerprint density at radius 2 is 2.00 bits per heavy atom. The second-order valence-corrected chi connectivity index (χ2v) is 5.09. The highest BCUT2D eigenvalue weighted by molar-refractivity contribution is 5.37. The Hall–Kier alpha value is -2.30. The molecule has 0 saturated heterocycles. The summed E-state index contributed by atoms with van der Waals surface area (Å²) in [7, 11) is 1.58. The Bertz CT molecular complexity index is 573. The van der Waals surface area contributed by atoms with E-state index in [-0.39, 0.29) is 0 Å². The average Bonchev–Trinajstić information content (AvgIpc) is 2.52. The zero-order chi connectivity index (χ0) is 15.1. The minimum absolute atomic E-state index is 0.493. The number of nitrogens with one attached hydrogen (secondary N) is 1. The van der Waals surface area contributed by atoms with E-state index in [1.165, 1.54) is 0 Å². The molecule has 0 amide bonds. The van der Waals surface area contributed by atoms with Gasteiger partial charge in [0.05, 0.1) is 13.7 Å². The lowest BCUT2D eigenvalue weighted by Crippen LogP contribution is -2.09. The number of anilines is 1. The molecule has 0 saturated carbocycles. The Kier molecular flexibility index (Phi) is 5.37. The van der Waals surface area contributed by atoms with E-state index in [1.807, 2.05) is 24.3 Å². The third-order valence-electron chi connectivity index (χ3n) is 2.82. The van der Waals surface area contributed by atoms with Crippen LogP contribution >= 0.6 is 0 Å². The van der Waals surface area contributed by atoms with Gasteiger partial charge < -0.3 is 14.8 Å². The highest BCUT2D eigenvalue weighted by atomic mass is 16.5. The van der Waals surface area contributed by atoms with Crippen LogP contribution in [0.15, 0.2) is 36.5 Å². The smallest absolute Gasteiger partial charge is 0.226 e. The van der Waals surface area contributed by atoms with Crippen LogP contribution in [0.3, 0.4) is 0 Å². The maximum Gasteiger partial charge on any atom is 0.226 e. The molecule has 5 nitrogen and oxygen atoms in total. The molecule has 112 valence electrons. The van der Waals surface area contributed by atoms with Crippen LogP contribution in [0.1, 0.15) is 19.4 Å². The number of ether oxygens (including phenoxy) is 2. The van der Waals surface area contributed by atoms with Gasteiger partial charge >= 0.3 is 0 Å². The predicted molar refractivity (Wildman–Crippen MR) is 82.7 cm³/mol. The molecule has 0 atom stereocenters. The molecular formula is C16H21N3O2. The molecule has 0 radical (unpaired) electrons. The number of nitrogens with zero attached hydrogens (tertiary/aromatic N) is 2. The van der Waals surface area contributed by atoms with Crippen molar-refractivity contribution in [1.29, 1.82) is 0 Å². The first-order chi connectivity index (χ1) is 10.2. The summed E-state index contributed by atoms with van der Waals surface area (Å²) in [5.41, 5.74) is 1.07. The molecule has 0 aliphatic carbocycles. The van der Waals surface area contributed by atoms with Crippen LogP contribution in [0, 0.1) is 5.92 Å². The summed E-state index contributed by atoms with van der Waals surface area (Å²) < 4.78 is 10.9. The topological polar surface area (TPSA) is 56.3 Å². The van der Waals surface area contributed by atoms with Gasteiger partial charge in [0.2, 0.25) is 11.8 Å². The molecule has 0 fully saturated rings. The van der Waals surface area contributed by atoms with Crippen LogP contribution in [-0.4, -0.2) is 23.7 Å². The molecule has 2 rings (SSSR count). The standard InChI is InChI=1S/C16H21N3O2/c1-12(2)11-21-14-7-5-4-6-13(14)10-18-16-17-9-8-15(19-16)20-3/h4-9,12H,10-11H2,1-3H3,(H,17,18,19). The predicted octanol–water partition coefficient (Wildman–Crippen LogP) is 3.13. The second-order valence-electron chi connectivity index (χ2n) is 5.09. The summed E-state index contributed by atoms with van der Waals surface area (Å²) >= 11 is 0. The van der Waals surface area contributed by atoms with E-state index >= 15 is 0 Å². The van der Waals surface area contributed by atoms with Crippen LogP contribution in [-0.2, 0) is 6.54 Å². The van der Waals surface area contributed by atoms with E-state index in [0.717, 1.165) is 11.3 Å². The van der Waals surface area contributed by atoms with Gasteiger partial charge in [0.15, 0.2) is 0 Å². The summed E-state index contributed by atoms with van der Waals surface area (Å²) in [4.78, 5) is 8.39. The normalized spacial score (nSPS) is 10.5. The molecule has 0 aliphatic heterocycles. The number of aromatic nitrogens is 2. The number of hydrogen-bond acceptors (Lipinski definition) is 5. The van der Waals surface area contributed by atoms with E-state index < -0.39 is 0 Å². The number of benzene rings is 1. The molecular weight excluding hydrogens is 266 g/mol. The summed E-state index contributed by atoms with van der Waals surface area (Å²) in [6.07, 6.45) is 1.66. The minimum Gasteiger partial charge on any atom is -0.493 e. The first kappa shape index (κ1) is 15.1. The Balaban J connectivity index is 2.02. The summed E-state index contributed by atoms with van der Waals surface area (Å²) in [6, 6.07) is 9.69. The lowest BCUT2D eigenvalue weighted by molar-refractivity contribution is 0.269. The lowest BCUT2D eigenvalue weighted by Gasteiger charge is -2.13. The van der Waals surface area contributed by atoms with Crippen molar-refractivity contribution in [3.05, 3.63) is 42.1 Å². The van der Waals surface area contributed by atoms with Crippen molar-refractivity contribution in [2.75, 3.05) is 19.0 Å². The van der Waals surface area contributed by atoms with Crippen molar-refractivity contribution in [2.24, 2.45) is 5.92 Å². The maximum absolute atomic E-state index is 5.83. The molecule has 1 heterocycles. The highest BCUT2D eigenvalue weighted by Gasteiger charge is 2.05. The van der Waals surface area contributed by atoms with Gasteiger partial charge in [0, 0.05) is 24.4 Å². The van der Waals surface area contributed by atoms with E-state index in [9.17, 15) is 0 Å². The van der Waals surface area contributed by atoms with Gasteiger partial charge in [-0.1, -0.05) is 32.0 Å². The van der Waals surface area contributed by atoms with Crippen molar-refractivity contribution in [3.63, 3.8) is 0 Å². The van der Waals surface area contributed by atoms with Gasteiger partial charge in [-0.25, -0.2) is 4.98 Å². The number of hydrogen-bond donors (Lipinski definition) is 1. The monoisotopic (exact) mass is 287 g/mol. The van der Waals surface area contributed by atoms with Gasteiger partial charge in [-0.05, 0) is 12.0 Å². The molecule has 21 heavy (non-hydrogen) atoms. The van der Waals surface area contributed by atoms with Gasteiger partial charge in [-0.2, -0.15) is 4.98 Å².